The number of aromatic nitrogens is 2. The number of nitrogens with two attached hydrogens (primary N) is 1. The molecule has 9 nitrogen and oxygen atoms in total. The van der Waals surface area contributed by atoms with Crippen LogP contribution in [0.4, 0.5) is 11.5 Å². The van der Waals surface area contributed by atoms with Crippen molar-refractivity contribution in [3.8, 4) is 0 Å². The van der Waals surface area contributed by atoms with E-state index in [0.717, 1.165) is 32.1 Å². The highest BCUT2D eigenvalue weighted by Gasteiger charge is 2.25. The van der Waals surface area contributed by atoms with Gasteiger partial charge >= 0.3 is 11.7 Å². The molecule has 0 aromatic carbocycles. The van der Waals surface area contributed by atoms with Crippen LogP contribution in [-0.2, 0) is 28.9 Å². The van der Waals surface area contributed by atoms with Crippen LogP contribution < -0.4 is 21.9 Å². The van der Waals surface area contributed by atoms with Crippen molar-refractivity contribution in [3.05, 3.63) is 42.2 Å². The SMILES string of the molecule is CCCCN(C(=O)COC(=O)c1cc2c(s1)CCCCC2)c1c(N)n(CCC)c(=O)[nH]c1=O. The van der Waals surface area contributed by atoms with Crippen LogP contribution >= 0.6 is 11.3 Å². The van der Waals surface area contributed by atoms with Gasteiger partial charge in [-0.15, -0.1) is 11.3 Å². The first-order chi connectivity index (χ1) is 15.9. The molecule has 2 aromatic heterocycles. The second kappa shape index (κ2) is 11.3. The summed E-state index contributed by atoms with van der Waals surface area (Å²) in [6.07, 6.45) is 7.35. The zero-order valence-corrected chi connectivity index (χ0v) is 20.1. The summed E-state index contributed by atoms with van der Waals surface area (Å²) in [4.78, 5) is 55.6. The molecule has 0 aliphatic heterocycles. The minimum atomic E-state index is -0.734. The standard InChI is InChI=1S/C23H32N4O5S/c1-3-5-12-26(19-20(24)27(11-4-2)23(31)25-21(19)29)18(28)14-32-22(30)17-13-15-9-7-6-8-10-16(15)33-17/h13H,3-12,14,24H2,1-2H3,(H,25,29,31). The Balaban J connectivity index is 1.79. The molecule has 1 aliphatic rings. The zero-order chi connectivity index (χ0) is 24.0. The number of nitrogens with one attached hydrogen (secondary N) is 1. The van der Waals surface area contributed by atoms with Gasteiger partial charge in [-0.1, -0.05) is 26.7 Å². The van der Waals surface area contributed by atoms with Gasteiger partial charge < -0.3 is 15.4 Å². The number of nitrogen functional groups attached to an aromatic ring is 1. The molecule has 1 aliphatic carbocycles. The molecule has 2 heterocycles. The number of ether oxygens (including phenoxy) is 1. The van der Waals surface area contributed by atoms with Crippen molar-refractivity contribution in [2.24, 2.45) is 0 Å². The topological polar surface area (TPSA) is 127 Å². The Morgan fingerprint density at radius 3 is 2.67 bits per heavy atom. The Hall–Kier alpha value is -2.88. The third-order valence-corrected chi connectivity index (χ3v) is 6.96. The lowest BCUT2D eigenvalue weighted by atomic mass is 10.1. The fourth-order valence-electron chi connectivity index (χ4n) is 4.01. The number of fused-ring (bicyclic) bond motifs is 1. The molecule has 0 unspecified atom stereocenters. The number of aryl methyl sites for hydroxylation is 2. The van der Waals surface area contributed by atoms with E-state index >= 15 is 0 Å². The van der Waals surface area contributed by atoms with Crippen molar-refractivity contribution in [2.45, 2.75) is 71.8 Å². The summed E-state index contributed by atoms with van der Waals surface area (Å²) >= 11 is 1.43. The number of carbonyl (C=O) groups excluding carboxylic acids is 2. The number of esters is 1. The summed E-state index contributed by atoms with van der Waals surface area (Å²) in [5.74, 6) is -1.17. The minimum Gasteiger partial charge on any atom is -0.451 e. The molecule has 0 atom stereocenters. The van der Waals surface area contributed by atoms with Crippen LogP contribution in [0.3, 0.4) is 0 Å². The fraction of sp³-hybridized carbons (Fsp3) is 0.565. The Bertz CT molecular complexity index is 1090. The number of carbonyl (C=O) groups is 2. The molecule has 0 radical (unpaired) electrons. The number of H-pyrrole nitrogens is 1. The van der Waals surface area contributed by atoms with E-state index in [9.17, 15) is 19.2 Å². The number of amides is 1. The molecular formula is C23H32N4O5S. The van der Waals surface area contributed by atoms with Gasteiger partial charge in [-0.2, -0.15) is 0 Å². The highest BCUT2D eigenvalue weighted by molar-refractivity contribution is 7.14. The summed E-state index contributed by atoms with van der Waals surface area (Å²) in [6.45, 7) is 3.84. The average Bonchev–Trinajstić information content (AvgIpc) is 3.07. The van der Waals surface area contributed by atoms with Crippen LogP contribution in [-0.4, -0.2) is 34.6 Å². The van der Waals surface area contributed by atoms with E-state index in [0.29, 0.717) is 24.3 Å². The summed E-state index contributed by atoms with van der Waals surface area (Å²) in [5, 5.41) is 0. The lowest BCUT2D eigenvalue weighted by Crippen LogP contribution is -2.43. The first-order valence-electron chi connectivity index (χ1n) is 11.6. The van der Waals surface area contributed by atoms with Crippen LogP contribution in [0.1, 0.15) is 72.5 Å². The molecule has 3 rings (SSSR count). The highest BCUT2D eigenvalue weighted by atomic mass is 32.1. The van der Waals surface area contributed by atoms with Crippen molar-refractivity contribution in [3.63, 3.8) is 0 Å². The van der Waals surface area contributed by atoms with Crippen LogP contribution in [0, 0.1) is 0 Å². The quantitative estimate of drug-likeness (QED) is 0.423. The van der Waals surface area contributed by atoms with E-state index in [1.165, 1.54) is 37.7 Å². The second-order valence-corrected chi connectivity index (χ2v) is 9.38. The molecule has 0 spiro atoms. The van der Waals surface area contributed by atoms with E-state index in [1.807, 2.05) is 19.9 Å². The normalized spacial score (nSPS) is 13.3. The molecule has 2 aromatic rings. The van der Waals surface area contributed by atoms with Gasteiger partial charge in [-0.05, 0) is 50.2 Å². The van der Waals surface area contributed by atoms with Gasteiger partial charge in [-0.3, -0.25) is 19.1 Å². The minimum absolute atomic E-state index is 0.0663. The molecule has 0 fully saturated rings. The van der Waals surface area contributed by atoms with Crippen LogP contribution in [0.15, 0.2) is 15.7 Å². The molecule has 180 valence electrons. The summed E-state index contributed by atoms with van der Waals surface area (Å²) in [6, 6.07) is 1.87. The maximum Gasteiger partial charge on any atom is 0.348 e. The van der Waals surface area contributed by atoms with Gasteiger partial charge in [0.1, 0.15) is 10.7 Å². The molecule has 0 bridgehead atoms. The number of rotatable bonds is 9. The van der Waals surface area contributed by atoms with Crippen LogP contribution in [0.2, 0.25) is 0 Å². The molecular weight excluding hydrogens is 444 g/mol. The van der Waals surface area contributed by atoms with Gasteiger partial charge in [0, 0.05) is 18.0 Å². The smallest absolute Gasteiger partial charge is 0.348 e. The number of thiophene rings is 1. The monoisotopic (exact) mass is 476 g/mol. The number of aromatic amines is 1. The Labute approximate surface area is 196 Å². The maximum absolute atomic E-state index is 13.0. The van der Waals surface area contributed by atoms with Crippen molar-refractivity contribution in [1.29, 1.82) is 0 Å². The first-order valence-corrected chi connectivity index (χ1v) is 12.4. The predicted octanol–water partition coefficient (Wildman–Crippen LogP) is 2.85. The predicted molar refractivity (Wildman–Crippen MR) is 129 cm³/mol. The summed E-state index contributed by atoms with van der Waals surface area (Å²) in [7, 11) is 0. The molecule has 10 heteroatoms. The number of unbranched alkanes of at least 4 members (excludes halogenated alkanes) is 1. The maximum atomic E-state index is 13.0. The Morgan fingerprint density at radius 1 is 1.18 bits per heavy atom. The van der Waals surface area contributed by atoms with Crippen molar-refractivity contribution in [1.82, 2.24) is 9.55 Å². The lowest BCUT2D eigenvalue weighted by molar-refractivity contribution is -0.121. The van der Waals surface area contributed by atoms with Crippen molar-refractivity contribution < 1.29 is 14.3 Å². The molecule has 0 saturated carbocycles. The van der Waals surface area contributed by atoms with E-state index in [4.69, 9.17) is 10.5 Å². The molecule has 1 amide bonds. The second-order valence-electron chi connectivity index (χ2n) is 8.24. The van der Waals surface area contributed by atoms with E-state index in [2.05, 4.69) is 4.98 Å². The molecule has 33 heavy (non-hydrogen) atoms. The lowest BCUT2D eigenvalue weighted by Gasteiger charge is -2.24. The van der Waals surface area contributed by atoms with Gasteiger partial charge in [0.25, 0.3) is 11.5 Å². The van der Waals surface area contributed by atoms with Gasteiger partial charge in [-0.25, -0.2) is 9.59 Å². The number of hydrogen-bond donors (Lipinski definition) is 2. The fourth-order valence-corrected chi connectivity index (χ4v) is 5.15. The van der Waals surface area contributed by atoms with Crippen LogP contribution in [0.25, 0.3) is 0 Å². The van der Waals surface area contributed by atoms with Gasteiger partial charge in [0.05, 0.1) is 0 Å². The van der Waals surface area contributed by atoms with Gasteiger partial charge in [0.2, 0.25) is 0 Å². The highest BCUT2D eigenvalue weighted by Crippen LogP contribution is 2.29. The number of anilines is 2. The largest absolute Gasteiger partial charge is 0.451 e. The van der Waals surface area contributed by atoms with Crippen molar-refractivity contribution in [2.75, 3.05) is 23.8 Å². The number of nitrogens with zero attached hydrogens (tertiary/aromatic N) is 2. The van der Waals surface area contributed by atoms with E-state index in [1.54, 1.807) is 0 Å². The van der Waals surface area contributed by atoms with E-state index < -0.39 is 29.7 Å². The third-order valence-electron chi connectivity index (χ3n) is 5.74. The van der Waals surface area contributed by atoms with Gasteiger partial charge in [0.15, 0.2) is 12.3 Å². The van der Waals surface area contributed by atoms with Crippen LogP contribution in [0.5, 0.6) is 0 Å². The average molecular weight is 477 g/mol. The van der Waals surface area contributed by atoms with E-state index in [-0.39, 0.29) is 18.1 Å². The first kappa shape index (κ1) is 24.8. The Kier molecular flexibility index (Phi) is 8.49. The molecule has 0 saturated heterocycles. The number of hydrogen-bond acceptors (Lipinski definition) is 7. The third kappa shape index (κ3) is 5.73. The summed E-state index contributed by atoms with van der Waals surface area (Å²) < 4.78 is 6.56. The Morgan fingerprint density at radius 2 is 1.94 bits per heavy atom. The summed E-state index contributed by atoms with van der Waals surface area (Å²) in [5.41, 5.74) is 5.90. The van der Waals surface area contributed by atoms with Crippen molar-refractivity contribution >= 4 is 34.7 Å². The zero-order valence-electron chi connectivity index (χ0n) is 19.3. The molecule has 3 N–H and O–H groups in total.